The van der Waals surface area contributed by atoms with Gasteiger partial charge in [-0.2, -0.15) is 10.5 Å². The summed E-state index contributed by atoms with van der Waals surface area (Å²) >= 11 is 12.0. The van der Waals surface area contributed by atoms with Gasteiger partial charge in [0.2, 0.25) is 0 Å². The summed E-state index contributed by atoms with van der Waals surface area (Å²) in [5, 5.41) is 19.3. The standard InChI is InChI=1S/C16H10Cl2N2/c17-14-4-5-15(16(18)8-14)13(10-20)7-11-2-1-3-12(6-11)9-19/h1-6,8,13H,7H2. The lowest BCUT2D eigenvalue weighted by molar-refractivity contribution is 0.849. The van der Waals surface area contributed by atoms with Crippen molar-refractivity contribution in [2.24, 2.45) is 0 Å². The summed E-state index contributed by atoms with van der Waals surface area (Å²) in [6.07, 6.45) is 0.507. The molecule has 2 rings (SSSR count). The first kappa shape index (κ1) is 14.4. The Kier molecular flexibility index (Phi) is 4.64. The summed E-state index contributed by atoms with van der Waals surface area (Å²) in [6.45, 7) is 0. The van der Waals surface area contributed by atoms with Crippen molar-refractivity contribution in [3.8, 4) is 12.1 Å². The molecule has 0 heterocycles. The molecule has 0 aliphatic rings. The molecule has 0 saturated carbocycles. The van der Waals surface area contributed by atoms with Crippen molar-refractivity contribution in [3.63, 3.8) is 0 Å². The lowest BCUT2D eigenvalue weighted by Crippen LogP contribution is -2.01. The van der Waals surface area contributed by atoms with E-state index in [1.807, 2.05) is 12.1 Å². The topological polar surface area (TPSA) is 47.6 Å². The van der Waals surface area contributed by atoms with Crippen LogP contribution in [0.25, 0.3) is 0 Å². The Bertz CT molecular complexity index is 711. The third kappa shape index (κ3) is 3.31. The fourth-order valence-electron chi connectivity index (χ4n) is 2.01. The predicted octanol–water partition coefficient (Wildman–Crippen LogP) is 4.71. The Labute approximate surface area is 127 Å². The maximum absolute atomic E-state index is 9.35. The average molecular weight is 301 g/mol. The Morgan fingerprint density at radius 1 is 1.05 bits per heavy atom. The summed E-state index contributed by atoms with van der Waals surface area (Å²) in [7, 11) is 0. The van der Waals surface area contributed by atoms with Gasteiger partial charge in [-0.3, -0.25) is 0 Å². The molecule has 0 saturated heterocycles. The summed E-state index contributed by atoms with van der Waals surface area (Å²) in [5.41, 5.74) is 2.27. The highest BCUT2D eigenvalue weighted by Gasteiger charge is 2.15. The second-order valence-electron chi connectivity index (χ2n) is 4.36. The van der Waals surface area contributed by atoms with Crippen molar-refractivity contribution in [1.82, 2.24) is 0 Å². The van der Waals surface area contributed by atoms with Crippen molar-refractivity contribution in [2.45, 2.75) is 12.3 Å². The van der Waals surface area contributed by atoms with Crippen molar-refractivity contribution >= 4 is 23.2 Å². The van der Waals surface area contributed by atoms with E-state index in [-0.39, 0.29) is 5.92 Å². The molecule has 1 atom stereocenters. The van der Waals surface area contributed by atoms with Crippen LogP contribution in [0.5, 0.6) is 0 Å². The minimum absolute atomic E-state index is 0.367. The molecule has 0 amide bonds. The number of nitrogens with zero attached hydrogens (tertiary/aromatic N) is 2. The highest BCUT2D eigenvalue weighted by atomic mass is 35.5. The molecule has 20 heavy (non-hydrogen) atoms. The Morgan fingerprint density at radius 3 is 2.50 bits per heavy atom. The molecule has 0 N–H and O–H groups in total. The lowest BCUT2D eigenvalue weighted by atomic mass is 9.92. The third-order valence-electron chi connectivity index (χ3n) is 2.99. The van der Waals surface area contributed by atoms with E-state index >= 15 is 0 Å². The van der Waals surface area contributed by atoms with Crippen LogP contribution in [0.2, 0.25) is 10.0 Å². The molecule has 4 heteroatoms. The van der Waals surface area contributed by atoms with Crippen LogP contribution in [0, 0.1) is 22.7 Å². The van der Waals surface area contributed by atoms with Crippen molar-refractivity contribution in [3.05, 3.63) is 69.2 Å². The van der Waals surface area contributed by atoms with Gasteiger partial charge in [-0.1, -0.05) is 41.4 Å². The fourth-order valence-corrected chi connectivity index (χ4v) is 2.55. The minimum atomic E-state index is -0.367. The molecule has 2 aromatic carbocycles. The van der Waals surface area contributed by atoms with Gasteiger partial charge in [0.25, 0.3) is 0 Å². The SMILES string of the molecule is N#Cc1cccc(CC(C#N)c2ccc(Cl)cc2Cl)c1. The Balaban J connectivity index is 2.30. The van der Waals surface area contributed by atoms with E-state index in [2.05, 4.69) is 12.1 Å². The van der Waals surface area contributed by atoms with E-state index in [0.717, 1.165) is 11.1 Å². The molecular formula is C16H10Cl2N2. The monoisotopic (exact) mass is 300 g/mol. The first-order valence-electron chi connectivity index (χ1n) is 5.97. The minimum Gasteiger partial charge on any atom is -0.198 e. The largest absolute Gasteiger partial charge is 0.198 e. The molecule has 0 aromatic heterocycles. The van der Waals surface area contributed by atoms with Crippen LogP contribution in [0.1, 0.15) is 22.6 Å². The molecule has 0 fully saturated rings. The summed E-state index contributed by atoms with van der Waals surface area (Å²) in [4.78, 5) is 0. The molecule has 0 aliphatic heterocycles. The van der Waals surface area contributed by atoms with Gasteiger partial charge in [0.15, 0.2) is 0 Å². The quantitative estimate of drug-likeness (QED) is 0.824. The number of benzene rings is 2. The normalized spacial score (nSPS) is 11.4. The highest BCUT2D eigenvalue weighted by molar-refractivity contribution is 6.35. The number of hydrogen-bond donors (Lipinski definition) is 0. The maximum Gasteiger partial charge on any atom is 0.0991 e. The second-order valence-corrected chi connectivity index (χ2v) is 5.21. The maximum atomic E-state index is 9.35. The van der Waals surface area contributed by atoms with E-state index in [1.54, 1.807) is 30.3 Å². The predicted molar refractivity (Wildman–Crippen MR) is 79.7 cm³/mol. The number of nitriles is 2. The van der Waals surface area contributed by atoms with E-state index in [9.17, 15) is 5.26 Å². The van der Waals surface area contributed by atoms with Crippen LogP contribution in [0.3, 0.4) is 0 Å². The van der Waals surface area contributed by atoms with Crippen molar-refractivity contribution in [2.75, 3.05) is 0 Å². The molecule has 2 aromatic rings. The first-order chi connectivity index (χ1) is 9.63. The van der Waals surface area contributed by atoms with Crippen LogP contribution in [-0.2, 0) is 6.42 Å². The third-order valence-corrected chi connectivity index (χ3v) is 3.55. The molecule has 2 nitrogen and oxygen atoms in total. The fraction of sp³-hybridized carbons (Fsp3) is 0.125. The van der Waals surface area contributed by atoms with Crippen molar-refractivity contribution < 1.29 is 0 Å². The van der Waals surface area contributed by atoms with E-state index in [0.29, 0.717) is 22.0 Å². The van der Waals surface area contributed by atoms with Gasteiger partial charge in [0, 0.05) is 10.0 Å². The Morgan fingerprint density at radius 2 is 1.85 bits per heavy atom. The highest BCUT2D eigenvalue weighted by Crippen LogP contribution is 2.29. The summed E-state index contributed by atoms with van der Waals surface area (Å²) in [6, 6.07) is 16.7. The zero-order valence-corrected chi connectivity index (χ0v) is 12.0. The summed E-state index contributed by atoms with van der Waals surface area (Å²) < 4.78 is 0. The van der Waals surface area contributed by atoms with Gasteiger partial charge in [-0.05, 0) is 41.8 Å². The van der Waals surface area contributed by atoms with Gasteiger partial charge in [-0.25, -0.2) is 0 Å². The van der Waals surface area contributed by atoms with Gasteiger partial charge < -0.3 is 0 Å². The second kappa shape index (κ2) is 6.44. The average Bonchev–Trinajstić information content (AvgIpc) is 2.45. The van der Waals surface area contributed by atoms with Crippen LogP contribution in [-0.4, -0.2) is 0 Å². The van der Waals surface area contributed by atoms with Crippen LogP contribution in [0.15, 0.2) is 42.5 Å². The van der Waals surface area contributed by atoms with Crippen LogP contribution < -0.4 is 0 Å². The molecule has 0 radical (unpaired) electrons. The van der Waals surface area contributed by atoms with E-state index < -0.39 is 0 Å². The van der Waals surface area contributed by atoms with Gasteiger partial charge in [-0.15, -0.1) is 0 Å². The van der Waals surface area contributed by atoms with Crippen LogP contribution >= 0.6 is 23.2 Å². The number of halogens is 2. The number of hydrogen-bond acceptors (Lipinski definition) is 2. The van der Waals surface area contributed by atoms with E-state index in [1.165, 1.54) is 0 Å². The van der Waals surface area contributed by atoms with Gasteiger partial charge >= 0.3 is 0 Å². The molecule has 0 spiro atoms. The molecule has 0 bridgehead atoms. The molecule has 0 aliphatic carbocycles. The molecule has 98 valence electrons. The van der Waals surface area contributed by atoms with Crippen LogP contribution in [0.4, 0.5) is 0 Å². The Hall–Kier alpha value is -2.00. The van der Waals surface area contributed by atoms with Gasteiger partial charge in [0.05, 0.1) is 23.6 Å². The smallest absolute Gasteiger partial charge is 0.0991 e. The lowest BCUT2D eigenvalue weighted by Gasteiger charge is -2.12. The summed E-state index contributed by atoms with van der Waals surface area (Å²) in [5.74, 6) is -0.367. The zero-order chi connectivity index (χ0) is 14.5. The molecular weight excluding hydrogens is 291 g/mol. The molecule has 1 unspecified atom stereocenters. The van der Waals surface area contributed by atoms with Gasteiger partial charge in [0.1, 0.15) is 0 Å². The number of rotatable bonds is 3. The van der Waals surface area contributed by atoms with Crippen molar-refractivity contribution in [1.29, 1.82) is 10.5 Å². The van der Waals surface area contributed by atoms with E-state index in [4.69, 9.17) is 28.5 Å². The zero-order valence-electron chi connectivity index (χ0n) is 10.5. The first-order valence-corrected chi connectivity index (χ1v) is 6.73.